The van der Waals surface area contributed by atoms with Crippen LogP contribution in [0.4, 0.5) is 18.9 Å². The number of nitrogens with two attached hydrogens (primary N) is 1. The Morgan fingerprint density at radius 1 is 1.02 bits per heavy atom. The van der Waals surface area contributed by atoms with Gasteiger partial charge in [0.2, 0.25) is 0 Å². The molecule has 0 saturated heterocycles. The van der Waals surface area contributed by atoms with Gasteiger partial charge in [0.05, 0.1) is 36.3 Å². The first-order valence-corrected chi connectivity index (χ1v) is 13.4. The van der Waals surface area contributed by atoms with Crippen molar-refractivity contribution in [3.05, 3.63) is 110 Å². The van der Waals surface area contributed by atoms with Gasteiger partial charge in [-0.1, -0.05) is 47.5 Å². The number of esters is 1. The molecule has 0 amide bonds. The number of aromatic nitrogens is 2. The molecule has 0 saturated carbocycles. The first kappa shape index (κ1) is 30.5. The van der Waals surface area contributed by atoms with Crippen molar-refractivity contribution in [2.75, 3.05) is 12.3 Å². The van der Waals surface area contributed by atoms with Crippen molar-refractivity contribution in [1.29, 1.82) is 0 Å². The minimum absolute atomic E-state index is 0.00987. The molecule has 220 valence electrons. The largest absolute Gasteiger partial charge is 0.462 e. The van der Waals surface area contributed by atoms with Gasteiger partial charge in [0.25, 0.3) is 5.56 Å². The second-order valence-electron chi connectivity index (χ2n) is 10.1. The standard InChI is InChI=1S/C32H32F3N3O4/c1-5-41-31(40)28-25(16-21(4)42-18-22-9-7-6-8-10-22)29(23-14-19(2)13-20(3)15-23)37-38(30(28)39)27-17-24(36)11-12-26(27)32(33,34)35/h6-15,17,21H,5,16,18,36H2,1-4H3. The zero-order chi connectivity index (χ0) is 30.6. The first-order valence-electron chi connectivity index (χ1n) is 13.4. The number of anilines is 1. The summed E-state index contributed by atoms with van der Waals surface area (Å²) in [5, 5.41) is 4.47. The second-order valence-corrected chi connectivity index (χ2v) is 10.1. The van der Waals surface area contributed by atoms with Crippen molar-refractivity contribution >= 4 is 11.7 Å². The van der Waals surface area contributed by atoms with E-state index in [1.54, 1.807) is 26.0 Å². The van der Waals surface area contributed by atoms with Crippen LogP contribution in [0.3, 0.4) is 0 Å². The third-order valence-corrected chi connectivity index (χ3v) is 6.59. The molecular weight excluding hydrogens is 547 g/mol. The van der Waals surface area contributed by atoms with Crippen LogP contribution in [0.15, 0.2) is 71.5 Å². The van der Waals surface area contributed by atoms with E-state index in [1.807, 2.05) is 50.2 Å². The number of benzene rings is 3. The van der Waals surface area contributed by atoms with E-state index in [1.165, 1.54) is 0 Å². The van der Waals surface area contributed by atoms with E-state index in [-0.39, 0.29) is 36.6 Å². The number of ether oxygens (including phenoxy) is 2. The van der Waals surface area contributed by atoms with E-state index in [9.17, 15) is 22.8 Å². The van der Waals surface area contributed by atoms with Gasteiger partial charge >= 0.3 is 12.1 Å². The molecule has 0 bridgehead atoms. The summed E-state index contributed by atoms with van der Waals surface area (Å²) in [7, 11) is 0. The van der Waals surface area contributed by atoms with E-state index < -0.39 is 40.6 Å². The lowest BCUT2D eigenvalue weighted by molar-refractivity contribution is -0.137. The Labute approximate surface area is 241 Å². The summed E-state index contributed by atoms with van der Waals surface area (Å²) in [6.07, 6.45) is -5.26. The van der Waals surface area contributed by atoms with Gasteiger partial charge in [0.15, 0.2) is 0 Å². The molecule has 1 heterocycles. The van der Waals surface area contributed by atoms with E-state index in [0.29, 0.717) is 10.2 Å². The summed E-state index contributed by atoms with van der Waals surface area (Å²) in [4.78, 5) is 27.3. The number of nitrogens with zero attached hydrogens (tertiary/aromatic N) is 2. The average Bonchev–Trinajstić information content (AvgIpc) is 2.91. The summed E-state index contributed by atoms with van der Waals surface area (Å²) in [5.41, 5.74) is 6.22. The maximum Gasteiger partial charge on any atom is 0.418 e. The van der Waals surface area contributed by atoms with Gasteiger partial charge in [-0.05, 0) is 63.6 Å². The molecule has 0 aliphatic heterocycles. The minimum atomic E-state index is -4.83. The Hall–Kier alpha value is -4.44. The van der Waals surface area contributed by atoms with Crippen molar-refractivity contribution in [3.8, 4) is 16.9 Å². The van der Waals surface area contributed by atoms with Crippen LogP contribution in [-0.2, 0) is 28.7 Å². The highest BCUT2D eigenvalue weighted by molar-refractivity contribution is 5.93. The zero-order valence-electron chi connectivity index (χ0n) is 23.8. The van der Waals surface area contributed by atoms with Crippen molar-refractivity contribution in [2.24, 2.45) is 0 Å². The quantitative estimate of drug-likeness (QED) is 0.181. The summed E-state index contributed by atoms with van der Waals surface area (Å²) in [6.45, 7) is 7.32. The van der Waals surface area contributed by atoms with E-state index in [2.05, 4.69) is 5.10 Å². The van der Waals surface area contributed by atoms with Gasteiger partial charge in [0, 0.05) is 23.2 Å². The molecule has 0 fully saturated rings. The number of carbonyl (C=O) groups excluding carboxylic acids is 1. The first-order chi connectivity index (χ1) is 19.9. The Kier molecular flexibility index (Phi) is 9.16. The van der Waals surface area contributed by atoms with Crippen LogP contribution in [0.2, 0.25) is 0 Å². The number of aryl methyl sites for hydroxylation is 2. The van der Waals surface area contributed by atoms with E-state index in [4.69, 9.17) is 15.2 Å². The molecular formula is C32H32F3N3O4. The predicted octanol–water partition coefficient (Wildman–Crippen LogP) is 6.44. The molecule has 2 N–H and O–H groups in total. The normalized spacial score (nSPS) is 12.3. The molecule has 1 atom stereocenters. The number of hydrogen-bond donors (Lipinski definition) is 1. The predicted molar refractivity (Wildman–Crippen MR) is 155 cm³/mol. The van der Waals surface area contributed by atoms with Crippen molar-refractivity contribution in [2.45, 2.75) is 53.0 Å². The minimum Gasteiger partial charge on any atom is -0.462 e. The van der Waals surface area contributed by atoms with Gasteiger partial charge in [-0.2, -0.15) is 23.0 Å². The third-order valence-electron chi connectivity index (χ3n) is 6.59. The lowest BCUT2D eigenvalue weighted by atomic mass is 9.95. The number of alkyl halides is 3. The van der Waals surface area contributed by atoms with Gasteiger partial charge < -0.3 is 15.2 Å². The Bertz CT molecular complexity index is 1630. The highest BCUT2D eigenvalue weighted by atomic mass is 19.4. The van der Waals surface area contributed by atoms with Gasteiger partial charge in [-0.3, -0.25) is 4.79 Å². The topological polar surface area (TPSA) is 96.4 Å². The zero-order valence-corrected chi connectivity index (χ0v) is 23.8. The highest BCUT2D eigenvalue weighted by Gasteiger charge is 2.36. The molecule has 0 radical (unpaired) electrons. The Morgan fingerprint density at radius 2 is 1.69 bits per heavy atom. The average molecular weight is 580 g/mol. The van der Waals surface area contributed by atoms with E-state index in [0.717, 1.165) is 34.9 Å². The van der Waals surface area contributed by atoms with Crippen LogP contribution in [0.25, 0.3) is 16.9 Å². The molecule has 4 rings (SSSR count). The summed E-state index contributed by atoms with van der Waals surface area (Å²) >= 11 is 0. The van der Waals surface area contributed by atoms with Crippen molar-refractivity contribution in [3.63, 3.8) is 0 Å². The molecule has 0 spiro atoms. The maximum atomic E-state index is 14.1. The van der Waals surface area contributed by atoms with Crippen molar-refractivity contribution < 1.29 is 27.4 Å². The number of hydrogen-bond acceptors (Lipinski definition) is 6. The van der Waals surface area contributed by atoms with Crippen LogP contribution in [-0.4, -0.2) is 28.5 Å². The number of halogens is 3. The fraction of sp³-hybridized carbons (Fsp3) is 0.281. The lowest BCUT2D eigenvalue weighted by Gasteiger charge is -2.21. The molecule has 4 aromatic rings. The smallest absolute Gasteiger partial charge is 0.418 e. The molecule has 3 aromatic carbocycles. The number of carbonyl (C=O) groups is 1. The third kappa shape index (κ3) is 6.88. The van der Waals surface area contributed by atoms with Crippen LogP contribution in [0.5, 0.6) is 0 Å². The van der Waals surface area contributed by atoms with Gasteiger partial charge in [0.1, 0.15) is 5.56 Å². The molecule has 10 heteroatoms. The monoisotopic (exact) mass is 579 g/mol. The van der Waals surface area contributed by atoms with Crippen LogP contribution < -0.4 is 11.3 Å². The van der Waals surface area contributed by atoms with Crippen LogP contribution in [0.1, 0.15) is 52.0 Å². The SMILES string of the molecule is CCOC(=O)c1c(CC(C)OCc2ccccc2)c(-c2cc(C)cc(C)c2)nn(-c2cc(N)ccc2C(F)(F)F)c1=O. The second kappa shape index (κ2) is 12.6. The molecule has 0 aliphatic rings. The maximum absolute atomic E-state index is 14.1. The summed E-state index contributed by atoms with van der Waals surface area (Å²) in [5.74, 6) is -0.966. The summed E-state index contributed by atoms with van der Waals surface area (Å²) in [6, 6.07) is 17.9. The Balaban J connectivity index is 1.99. The van der Waals surface area contributed by atoms with Crippen LogP contribution in [0, 0.1) is 13.8 Å². The van der Waals surface area contributed by atoms with Crippen LogP contribution >= 0.6 is 0 Å². The number of nitrogen functional groups attached to an aromatic ring is 1. The van der Waals surface area contributed by atoms with E-state index >= 15 is 0 Å². The van der Waals surface area contributed by atoms with Gasteiger partial charge in [-0.25, -0.2) is 4.79 Å². The molecule has 7 nitrogen and oxygen atoms in total. The molecule has 1 unspecified atom stereocenters. The lowest BCUT2D eigenvalue weighted by Crippen LogP contribution is -2.33. The fourth-order valence-corrected chi connectivity index (χ4v) is 4.80. The molecule has 0 aliphatic carbocycles. The van der Waals surface area contributed by atoms with Crippen molar-refractivity contribution in [1.82, 2.24) is 9.78 Å². The molecule has 1 aromatic heterocycles. The number of rotatable bonds is 9. The summed E-state index contributed by atoms with van der Waals surface area (Å²) < 4.78 is 54.2. The molecule has 42 heavy (non-hydrogen) atoms. The van der Waals surface area contributed by atoms with Gasteiger partial charge in [-0.15, -0.1) is 0 Å². The fourth-order valence-electron chi connectivity index (χ4n) is 4.80. The highest BCUT2D eigenvalue weighted by Crippen LogP contribution is 2.35. The Morgan fingerprint density at radius 3 is 2.31 bits per heavy atom.